The predicted molar refractivity (Wildman–Crippen MR) is 87.4 cm³/mol. The lowest BCUT2D eigenvalue weighted by atomic mass is 10.0. The molecule has 2 fully saturated rings. The van der Waals surface area contributed by atoms with Crippen LogP contribution in [-0.4, -0.2) is 44.5 Å². The number of esters is 1. The summed E-state index contributed by atoms with van der Waals surface area (Å²) in [6, 6.07) is 0. The maximum absolute atomic E-state index is 11.8. The molecule has 2 aliphatic rings. The predicted octanol–water partition coefficient (Wildman–Crippen LogP) is 2.07. The molecule has 8 heteroatoms. The van der Waals surface area contributed by atoms with Gasteiger partial charge in [-0.05, 0) is 6.42 Å². The van der Waals surface area contributed by atoms with Crippen molar-refractivity contribution in [3.8, 4) is 0 Å². The Labute approximate surface area is 139 Å². The number of rotatable bonds is 4. The molecule has 1 aliphatic carbocycles. The van der Waals surface area contributed by atoms with E-state index in [2.05, 4.69) is 27.4 Å². The van der Waals surface area contributed by atoms with E-state index in [0.717, 1.165) is 29.8 Å². The number of nitrogens with zero attached hydrogens (tertiary/aromatic N) is 3. The molecule has 0 amide bonds. The fourth-order valence-corrected chi connectivity index (χ4v) is 3.56. The van der Waals surface area contributed by atoms with Crippen LogP contribution in [0.2, 0.25) is 0 Å². The van der Waals surface area contributed by atoms with Crippen molar-refractivity contribution in [1.82, 2.24) is 19.7 Å². The summed E-state index contributed by atoms with van der Waals surface area (Å²) in [7, 11) is 1.83. The zero-order chi connectivity index (χ0) is 17.1. The van der Waals surface area contributed by atoms with Gasteiger partial charge in [0.2, 0.25) is 0 Å². The maximum atomic E-state index is 11.8. The molecule has 8 nitrogen and oxygen atoms in total. The van der Waals surface area contributed by atoms with E-state index in [9.17, 15) is 4.79 Å². The van der Waals surface area contributed by atoms with Crippen molar-refractivity contribution in [2.45, 2.75) is 51.5 Å². The van der Waals surface area contributed by atoms with Crippen molar-refractivity contribution in [2.24, 2.45) is 11.8 Å². The first-order chi connectivity index (χ1) is 11.4. The van der Waals surface area contributed by atoms with Crippen molar-refractivity contribution < 1.29 is 14.3 Å². The van der Waals surface area contributed by atoms with Crippen LogP contribution in [0.3, 0.4) is 0 Å². The molecule has 0 bridgehead atoms. The highest BCUT2D eigenvalue weighted by Crippen LogP contribution is 2.56. The number of hydrogen-bond acceptors (Lipinski definition) is 6. The number of ether oxygens (including phenoxy) is 2. The van der Waals surface area contributed by atoms with Crippen molar-refractivity contribution in [1.29, 1.82) is 0 Å². The van der Waals surface area contributed by atoms with E-state index in [4.69, 9.17) is 9.47 Å². The molecule has 1 spiro atoms. The van der Waals surface area contributed by atoms with Gasteiger partial charge in [0.25, 0.3) is 0 Å². The SMILES string of the molecule is CNc1[nH]nc2c1ncn2[C@@H]1OC2(CC2OC(=O)C(C)C)C[C@@H]1C. The van der Waals surface area contributed by atoms with Gasteiger partial charge >= 0.3 is 5.97 Å². The minimum absolute atomic E-state index is 0.116. The third kappa shape index (κ3) is 2.20. The van der Waals surface area contributed by atoms with E-state index in [-0.39, 0.29) is 29.8 Å². The second-order valence-electron chi connectivity index (χ2n) is 7.21. The molecule has 1 aliphatic heterocycles. The minimum Gasteiger partial charge on any atom is -0.459 e. The fraction of sp³-hybridized carbons (Fsp3) is 0.688. The Kier molecular flexibility index (Phi) is 3.35. The molecular formula is C16H23N5O3. The zero-order valence-corrected chi connectivity index (χ0v) is 14.4. The average molecular weight is 333 g/mol. The highest BCUT2D eigenvalue weighted by molar-refractivity contribution is 5.83. The number of anilines is 1. The third-order valence-electron chi connectivity index (χ3n) is 5.00. The Morgan fingerprint density at radius 2 is 2.33 bits per heavy atom. The topological polar surface area (TPSA) is 94.1 Å². The standard InChI is InChI=1S/C16H23N5O3/c1-8(2)15(22)23-10-6-16(10)5-9(3)14(24-16)21-7-18-11-12(17-4)19-20-13(11)21/h7-10,14H,5-6H2,1-4H3,(H2,17,19,20)/t9-,10?,14+,16?/m0/s1. The lowest BCUT2D eigenvalue weighted by Crippen LogP contribution is -2.21. The van der Waals surface area contributed by atoms with E-state index in [0.29, 0.717) is 5.92 Å². The van der Waals surface area contributed by atoms with E-state index < -0.39 is 0 Å². The van der Waals surface area contributed by atoms with Crippen LogP contribution in [-0.2, 0) is 14.3 Å². The molecule has 3 heterocycles. The molecule has 2 unspecified atom stereocenters. The molecule has 4 rings (SSSR count). The monoisotopic (exact) mass is 333 g/mol. The number of imidazole rings is 1. The van der Waals surface area contributed by atoms with Crippen molar-refractivity contribution in [2.75, 3.05) is 12.4 Å². The lowest BCUT2D eigenvalue weighted by molar-refractivity contribution is -0.152. The molecule has 0 aromatic carbocycles. The number of fused-ring (bicyclic) bond motifs is 1. The van der Waals surface area contributed by atoms with Crippen LogP contribution in [0.1, 0.15) is 39.8 Å². The van der Waals surface area contributed by atoms with Crippen molar-refractivity contribution in [3.05, 3.63) is 6.33 Å². The smallest absolute Gasteiger partial charge is 0.308 e. The van der Waals surface area contributed by atoms with Gasteiger partial charge in [-0.2, -0.15) is 5.10 Å². The number of nitrogens with one attached hydrogen (secondary N) is 2. The van der Waals surface area contributed by atoms with Gasteiger partial charge in [0, 0.05) is 19.4 Å². The number of aromatic nitrogens is 4. The minimum atomic E-state index is -0.340. The summed E-state index contributed by atoms with van der Waals surface area (Å²) in [5.41, 5.74) is 1.23. The van der Waals surface area contributed by atoms with Crippen LogP contribution in [0, 0.1) is 11.8 Å². The molecular weight excluding hydrogens is 310 g/mol. The van der Waals surface area contributed by atoms with Gasteiger partial charge in [-0.15, -0.1) is 0 Å². The normalized spacial score (nSPS) is 32.0. The first kappa shape index (κ1) is 15.4. The van der Waals surface area contributed by atoms with Crippen molar-refractivity contribution >= 4 is 23.0 Å². The Morgan fingerprint density at radius 3 is 3.04 bits per heavy atom. The summed E-state index contributed by atoms with van der Waals surface area (Å²) in [4.78, 5) is 16.3. The van der Waals surface area contributed by atoms with Gasteiger partial charge in [-0.1, -0.05) is 20.8 Å². The Morgan fingerprint density at radius 1 is 1.54 bits per heavy atom. The summed E-state index contributed by atoms with van der Waals surface area (Å²) in [6.45, 7) is 5.84. The molecule has 2 aromatic rings. The molecule has 4 atom stereocenters. The summed E-state index contributed by atoms with van der Waals surface area (Å²) >= 11 is 0. The van der Waals surface area contributed by atoms with Gasteiger partial charge in [0.15, 0.2) is 11.2 Å². The second-order valence-corrected chi connectivity index (χ2v) is 7.21. The third-order valence-corrected chi connectivity index (χ3v) is 5.00. The zero-order valence-electron chi connectivity index (χ0n) is 14.4. The molecule has 2 aromatic heterocycles. The largest absolute Gasteiger partial charge is 0.459 e. The summed E-state index contributed by atoms with van der Waals surface area (Å²) in [5.74, 6) is 0.807. The number of aromatic amines is 1. The van der Waals surface area contributed by atoms with Gasteiger partial charge in [0.05, 0.1) is 12.2 Å². The summed E-state index contributed by atoms with van der Waals surface area (Å²) in [6.07, 6.45) is 3.13. The second kappa shape index (κ2) is 5.20. The van der Waals surface area contributed by atoms with Crippen LogP contribution in [0.4, 0.5) is 5.82 Å². The molecule has 24 heavy (non-hydrogen) atoms. The van der Waals surface area contributed by atoms with Crippen molar-refractivity contribution in [3.63, 3.8) is 0 Å². The lowest BCUT2D eigenvalue weighted by Gasteiger charge is -2.17. The molecule has 2 N–H and O–H groups in total. The van der Waals surface area contributed by atoms with Gasteiger partial charge in [-0.25, -0.2) is 4.98 Å². The molecule has 1 saturated heterocycles. The highest BCUT2D eigenvalue weighted by atomic mass is 16.6. The quantitative estimate of drug-likeness (QED) is 0.832. The molecule has 1 saturated carbocycles. The van der Waals surface area contributed by atoms with E-state index in [1.165, 1.54) is 0 Å². The van der Waals surface area contributed by atoms with Gasteiger partial charge in [-0.3, -0.25) is 14.5 Å². The average Bonchev–Trinajstić information content (AvgIpc) is 2.89. The Hall–Kier alpha value is -2.09. The van der Waals surface area contributed by atoms with E-state index in [1.807, 2.05) is 25.5 Å². The first-order valence-corrected chi connectivity index (χ1v) is 8.42. The molecule has 130 valence electrons. The number of H-pyrrole nitrogens is 1. The number of carbonyl (C=O) groups excluding carboxylic acids is 1. The fourth-order valence-electron chi connectivity index (χ4n) is 3.56. The number of carbonyl (C=O) groups is 1. The van der Waals surface area contributed by atoms with Gasteiger partial charge in [0.1, 0.15) is 23.8 Å². The van der Waals surface area contributed by atoms with Crippen LogP contribution in [0.15, 0.2) is 6.33 Å². The van der Waals surface area contributed by atoms with Crippen LogP contribution in [0.5, 0.6) is 0 Å². The maximum Gasteiger partial charge on any atom is 0.308 e. The Bertz CT molecular complexity index is 782. The van der Waals surface area contributed by atoms with Crippen LogP contribution >= 0.6 is 0 Å². The van der Waals surface area contributed by atoms with Crippen LogP contribution in [0.25, 0.3) is 11.2 Å². The van der Waals surface area contributed by atoms with E-state index in [1.54, 1.807) is 6.33 Å². The van der Waals surface area contributed by atoms with Crippen LogP contribution < -0.4 is 5.32 Å². The first-order valence-electron chi connectivity index (χ1n) is 8.42. The summed E-state index contributed by atoms with van der Waals surface area (Å²) in [5, 5.41) is 10.3. The summed E-state index contributed by atoms with van der Waals surface area (Å²) < 4.78 is 13.9. The Balaban J connectivity index is 1.54. The molecule has 0 radical (unpaired) electrons. The van der Waals surface area contributed by atoms with Gasteiger partial charge < -0.3 is 14.8 Å². The van der Waals surface area contributed by atoms with E-state index >= 15 is 0 Å². The highest BCUT2D eigenvalue weighted by Gasteiger charge is 2.64. The number of hydrogen-bond donors (Lipinski definition) is 2.